The molecule has 4 aromatic rings. The summed E-state index contributed by atoms with van der Waals surface area (Å²) in [6.07, 6.45) is 1.68. The summed E-state index contributed by atoms with van der Waals surface area (Å²) in [6, 6.07) is 22.5. The topological polar surface area (TPSA) is 72.2 Å². The molecule has 1 amide bonds. The third kappa shape index (κ3) is 5.37. The van der Waals surface area contributed by atoms with E-state index in [0.717, 1.165) is 27.7 Å². The van der Waals surface area contributed by atoms with Crippen molar-refractivity contribution >= 4 is 34.7 Å². The summed E-state index contributed by atoms with van der Waals surface area (Å²) in [5, 5.41) is 15.8. The van der Waals surface area contributed by atoms with E-state index in [2.05, 4.69) is 84.8 Å². The van der Waals surface area contributed by atoms with Crippen LogP contribution in [0.15, 0.2) is 77.0 Å². The van der Waals surface area contributed by atoms with Gasteiger partial charge in [0.15, 0.2) is 11.0 Å². The van der Waals surface area contributed by atoms with Crippen LogP contribution in [0.1, 0.15) is 38.8 Å². The van der Waals surface area contributed by atoms with Crippen molar-refractivity contribution in [3.8, 4) is 11.4 Å². The molecule has 7 heteroatoms. The zero-order valence-corrected chi connectivity index (χ0v) is 20.8. The van der Waals surface area contributed by atoms with Gasteiger partial charge in [0, 0.05) is 17.7 Å². The number of hydrazone groups is 1. The summed E-state index contributed by atoms with van der Waals surface area (Å²) in [6.45, 7) is 9.36. The molecule has 0 aliphatic rings. The van der Waals surface area contributed by atoms with Crippen LogP contribution in [0.4, 0.5) is 0 Å². The first-order valence-electron chi connectivity index (χ1n) is 11.3. The third-order valence-corrected chi connectivity index (χ3v) is 6.56. The summed E-state index contributed by atoms with van der Waals surface area (Å²) in [5.41, 5.74) is 5.96. The van der Waals surface area contributed by atoms with E-state index in [4.69, 9.17) is 0 Å². The number of amides is 1. The summed E-state index contributed by atoms with van der Waals surface area (Å²) < 4.78 is 2.03. The SMILES string of the molecule is CCn1c(SCC(=O)NN=Cc2cccc3ccccc23)nnc1-c1ccc(C(C)(C)C)cc1. The molecular weight excluding hydrogens is 442 g/mol. The lowest BCUT2D eigenvalue weighted by Gasteiger charge is -2.19. The van der Waals surface area contributed by atoms with E-state index in [1.165, 1.54) is 17.3 Å². The van der Waals surface area contributed by atoms with Crippen LogP contribution in [0.5, 0.6) is 0 Å². The van der Waals surface area contributed by atoms with Crippen LogP contribution in [0.25, 0.3) is 22.2 Å². The fourth-order valence-corrected chi connectivity index (χ4v) is 4.51. The molecule has 0 unspecified atom stereocenters. The van der Waals surface area contributed by atoms with Crippen LogP contribution in [-0.4, -0.2) is 32.6 Å². The average Bonchev–Trinajstić information content (AvgIpc) is 3.25. The van der Waals surface area contributed by atoms with E-state index in [1.807, 2.05) is 34.9 Å². The highest BCUT2D eigenvalue weighted by Crippen LogP contribution is 2.27. The van der Waals surface area contributed by atoms with Gasteiger partial charge in [0.25, 0.3) is 5.91 Å². The van der Waals surface area contributed by atoms with E-state index >= 15 is 0 Å². The summed E-state index contributed by atoms with van der Waals surface area (Å²) in [5.74, 6) is 0.816. The number of aromatic nitrogens is 3. The Labute approximate surface area is 204 Å². The molecule has 174 valence electrons. The number of thioether (sulfide) groups is 1. The normalized spacial score (nSPS) is 11.9. The van der Waals surface area contributed by atoms with Crippen molar-refractivity contribution in [2.75, 3.05) is 5.75 Å². The number of nitrogens with zero attached hydrogens (tertiary/aromatic N) is 4. The highest BCUT2D eigenvalue weighted by Gasteiger charge is 2.17. The van der Waals surface area contributed by atoms with Gasteiger partial charge in [-0.15, -0.1) is 10.2 Å². The Morgan fingerprint density at radius 2 is 1.76 bits per heavy atom. The van der Waals surface area contributed by atoms with Crippen LogP contribution in [-0.2, 0) is 16.8 Å². The van der Waals surface area contributed by atoms with Gasteiger partial charge in [-0.1, -0.05) is 99.3 Å². The smallest absolute Gasteiger partial charge is 0.250 e. The highest BCUT2D eigenvalue weighted by molar-refractivity contribution is 7.99. The molecule has 34 heavy (non-hydrogen) atoms. The predicted molar refractivity (Wildman–Crippen MR) is 140 cm³/mol. The van der Waals surface area contributed by atoms with Crippen molar-refractivity contribution < 1.29 is 4.79 Å². The average molecular weight is 472 g/mol. The molecule has 1 N–H and O–H groups in total. The first kappa shape index (κ1) is 23.7. The molecule has 1 aromatic heterocycles. The maximum absolute atomic E-state index is 12.4. The number of carbonyl (C=O) groups is 1. The van der Waals surface area contributed by atoms with Gasteiger partial charge in [-0.25, -0.2) is 5.43 Å². The van der Waals surface area contributed by atoms with Crippen LogP contribution in [0.3, 0.4) is 0 Å². The molecule has 4 rings (SSSR count). The van der Waals surface area contributed by atoms with Crippen molar-refractivity contribution in [2.45, 2.75) is 44.8 Å². The number of hydrogen-bond donors (Lipinski definition) is 1. The Hall–Kier alpha value is -3.45. The number of nitrogens with one attached hydrogen (secondary N) is 1. The molecular formula is C27H29N5OS. The van der Waals surface area contributed by atoms with Crippen molar-refractivity contribution in [3.05, 3.63) is 77.9 Å². The minimum atomic E-state index is -0.191. The van der Waals surface area contributed by atoms with Crippen LogP contribution in [0.2, 0.25) is 0 Å². The quantitative estimate of drug-likeness (QED) is 0.214. The molecule has 6 nitrogen and oxygen atoms in total. The summed E-state index contributed by atoms with van der Waals surface area (Å²) >= 11 is 1.35. The molecule has 0 aliphatic carbocycles. The van der Waals surface area contributed by atoms with Gasteiger partial charge >= 0.3 is 0 Å². The van der Waals surface area contributed by atoms with Gasteiger partial charge in [-0.2, -0.15) is 5.10 Å². The second-order valence-electron chi connectivity index (χ2n) is 9.03. The lowest BCUT2D eigenvalue weighted by Crippen LogP contribution is -2.20. The van der Waals surface area contributed by atoms with E-state index in [1.54, 1.807) is 6.21 Å². The Balaban J connectivity index is 1.39. The third-order valence-electron chi connectivity index (χ3n) is 5.59. The van der Waals surface area contributed by atoms with E-state index in [9.17, 15) is 4.79 Å². The zero-order valence-electron chi connectivity index (χ0n) is 19.9. The molecule has 0 aliphatic heterocycles. The van der Waals surface area contributed by atoms with Gasteiger partial charge < -0.3 is 4.57 Å². The lowest BCUT2D eigenvalue weighted by atomic mass is 9.87. The molecule has 0 saturated carbocycles. The molecule has 0 fully saturated rings. The molecule has 0 atom stereocenters. The number of benzene rings is 3. The maximum atomic E-state index is 12.4. The fraction of sp³-hybridized carbons (Fsp3) is 0.259. The van der Waals surface area contributed by atoms with Crippen molar-refractivity contribution in [3.63, 3.8) is 0 Å². The standard InChI is InChI=1S/C27H29N5OS/c1-5-32-25(20-13-15-22(16-14-20)27(2,3)4)30-31-26(32)34-18-24(33)29-28-17-21-11-8-10-19-9-6-7-12-23(19)21/h6-17H,5,18H2,1-4H3,(H,29,33). The van der Waals surface area contributed by atoms with Crippen LogP contribution in [0, 0.1) is 0 Å². The number of hydrogen-bond acceptors (Lipinski definition) is 5. The second kappa shape index (κ2) is 10.2. The molecule has 0 radical (unpaired) electrons. The van der Waals surface area contributed by atoms with E-state index in [0.29, 0.717) is 11.7 Å². The number of fused-ring (bicyclic) bond motifs is 1. The molecule has 0 saturated heterocycles. The molecule has 3 aromatic carbocycles. The Kier molecular flexibility index (Phi) is 7.12. The fourth-order valence-electron chi connectivity index (χ4n) is 3.71. The Morgan fingerprint density at radius 3 is 2.50 bits per heavy atom. The van der Waals surface area contributed by atoms with Gasteiger partial charge in [0.05, 0.1) is 12.0 Å². The molecule has 1 heterocycles. The van der Waals surface area contributed by atoms with Crippen LogP contribution >= 0.6 is 11.8 Å². The lowest BCUT2D eigenvalue weighted by molar-refractivity contribution is -0.118. The first-order valence-corrected chi connectivity index (χ1v) is 12.3. The monoisotopic (exact) mass is 471 g/mol. The number of rotatable bonds is 7. The minimum Gasteiger partial charge on any atom is -0.302 e. The zero-order chi connectivity index (χ0) is 24.1. The van der Waals surface area contributed by atoms with Crippen molar-refractivity contribution in [1.29, 1.82) is 0 Å². The predicted octanol–water partition coefficient (Wildman–Crippen LogP) is 5.66. The van der Waals surface area contributed by atoms with E-state index < -0.39 is 0 Å². The van der Waals surface area contributed by atoms with E-state index in [-0.39, 0.29) is 17.1 Å². The van der Waals surface area contributed by atoms with Gasteiger partial charge in [-0.3, -0.25) is 4.79 Å². The molecule has 0 spiro atoms. The Morgan fingerprint density at radius 1 is 1.03 bits per heavy atom. The highest BCUT2D eigenvalue weighted by atomic mass is 32.2. The first-order chi connectivity index (χ1) is 16.4. The van der Waals surface area contributed by atoms with Gasteiger partial charge in [0.2, 0.25) is 0 Å². The largest absolute Gasteiger partial charge is 0.302 e. The molecule has 0 bridgehead atoms. The van der Waals surface area contributed by atoms with Crippen molar-refractivity contribution in [2.24, 2.45) is 5.10 Å². The Bertz CT molecular complexity index is 1310. The summed E-state index contributed by atoms with van der Waals surface area (Å²) in [4.78, 5) is 12.4. The minimum absolute atomic E-state index is 0.0986. The number of carbonyl (C=O) groups excluding carboxylic acids is 1. The van der Waals surface area contributed by atoms with Crippen LogP contribution < -0.4 is 5.43 Å². The van der Waals surface area contributed by atoms with Gasteiger partial charge in [-0.05, 0) is 28.7 Å². The summed E-state index contributed by atoms with van der Waals surface area (Å²) in [7, 11) is 0. The second-order valence-corrected chi connectivity index (χ2v) is 9.97. The maximum Gasteiger partial charge on any atom is 0.250 e. The van der Waals surface area contributed by atoms with Crippen molar-refractivity contribution in [1.82, 2.24) is 20.2 Å². The van der Waals surface area contributed by atoms with Gasteiger partial charge in [0.1, 0.15) is 0 Å².